The molecule has 0 bridgehead atoms. The maximum atomic E-state index is 13.5. The van der Waals surface area contributed by atoms with Crippen LogP contribution < -0.4 is 5.32 Å². The highest BCUT2D eigenvalue weighted by Crippen LogP contribution is 2.31. The number of rotatable bonds is 6. The Kier molecular flexibility index (Phi) is 7.17. The van der Waals surface area contributed by atoms with Gasteiger partial charge in [0.05, 0.1) is 4.90 Å². The molecule has 0 fully saturated rings. The van der Waals surface area contributed by atoms with E-state index in [0.717, 1.165) is 5.56 Å². The van der Waals surface area contributed by atoms with E-state index in [4.69, 9.17) is 4.74 Å². The summed E-state index contributed by atoms with van der Waals surface area (Å²) in [6.07, 6.45) is -1.24. The van der Waals surface area contributed by atoms with Crippen LogP contribution in [0.4, 0.5) is 26.7 Å². The van der Waals surface area contributed by atoms with Crippen molar-refractivity contribution in [2.24, 2.45) is 0 Å². The van der Waals surface area contributed by atoms with Crippen LogP contribution in [0.2, 0.25) is 0 Å². The average molecular weight is 405 g/mol. The third-order valence-corrected chi connectivity index (χ3v) is 4.19. The van der Waals surface area contributed by atoms with Crippen molar-refractivity contribution >= 4 is 23.0 Å². The van der Waals surface area contributed by atoms with Gasteiger partial charge in [-0.1, -0.05) is 30.3 Å². The van der Waals surface area contributed by atoms with E-state index in [1.807, 2.05) is 0 Å². The molecule has 2 aromatic rings. The maximum absolute atomic E-state index is 13.5. The summed E-state index contributed by atoms with van der Waals surface area (Å²) in [6, 6.07) is 8.77. The summed E-state index contributed by atoms with van der Waals surface area (Å²) >= 11 is -0.132. The zero-order chi connectivity index (χ0) is 20.0. The topological polar surface area (TPSA) is 55.4 Å². The second-order valence-corrected chi connectivity index (χ2v) is 6.18. The Morgan fingerprint density at radius 3 is 2.04 bits per heavy atom. The predicted octanol–water partition coefficient (Wildman–Crippen LogP) is 4.32. The molecule has 2 rings (SSSR count). The first-order valence-electron chi connectivity index (χ1n) is 7.48. The molecule has 1 amide bonds. The predicted molar refractivity (Wildman–Crippen MR) is 86.3 cm³/mol. The molecule has 0 saturated heterocycles. The lowest BCUT2D eigenvalue weighted by atomic mass is 10.2. The van der Waals surface area contributed by atoms with Gasteiger partial charge in [0.25, 0.3) is 0 Å². The Labute approximate surface area is 154 Å². The highest BCUT2D eigenvalue weighted by Gasteiger charge is 2.27. The van der Waals surface area contributed by atoms with Crippen LogP contribution in [-0.4, -0.2) is 17.8 Å². The summed E-state index contributed by atoms with van der Waals surface area (Å²) in [7, 11) is 0. The van der Waals surface area contributed by atoms with Crippen LogP contribution in [0.3, 0.4) is 0 Å². The summed E-state index contributed by atoms with van der Waals surface area (Å²) in [5, 5.41) is 1.34. The van der Waals surface area contributed by atoms with Crippen LogP contribution in [0.5, 0.6) is 0 Å². The molecule has 2 aromatic carbocycles. The molecule has 0 aliphatic heterocycles. The fourth-order valence-corrected chi connectivity index (χ4v) is 2.67. The van der Waals surface area contributed by atoms with Crippen molar-refractivity contribution < 1.29 is 36.3 Å². The number of halogens is 5. The van der Waals surface area contributed by atoms with E-state index in [1.54, 1.807) is 30.3 Å². The highest BCUT2D eigenvalue weighted by molar-refractivity contribution is 8.13. The molecule has 27 heavy (non-hydrogen) atoms. The van der Waals surface area contributed by atoms with Gasteiger partial charge >= 0.3 is 6.09 Å². The van der Waals surface area contributed by atoms with Gasteiger partial charge in [-0.2, -0.15) is 0 Å². The van der Waals surface area contributed by atoms with Crippen molar-refractivity contribution in [2.45, 2.75) is 17.9 Å². The van der Waals surface area contributed by atoms with Crippen molar-refractivity contribution in [3.63, 3.8) is 0 Å². The van der Waals surface area contributed by atoms with Gasteiger partial charge in [0.15, 0.2) is 28.4 Å². The number of ether oxygens (including phenoxy) is 1. The van der Waals surface area contributed by atoms with E-state index in [1.165, 1.54) is 0 Å². The molecule has 0 saturated carbocycles. The van der Waals surface area contributed by atoms with Gasteiger partial charge in [0, 0.05) is 13.0 Å². The van der Waals surface area contributed by atoms with E-state index < -0.39 is 51.6 Å². The SMILES string of the molecule is O=C(NCCC(=O)Sc1c(F)c(F)c(F)c(F)c1F)OCc1ccccc1. The molecular formula is C17H12F5NO3S. The molecule has 1 N–H and O–H groups in total. The van der Waals surface area contributed by atoms with Crippen LogP contribution >= 0.6 is 11.8 Å². The van der Waals surface area contributed by atoms with Crippen molar-refractivity contribution in [2.75, 3.05) is 6.54 Å². The van der Waals surface area contributed by atoms with Gasteiger partial charge in [-0.05, 0) is 17.3 Å². The van der Waals surface area contributed by atoms with Gasteiger partial charge in [-0.3, -0.25) is 4.79 Å². The minimum absolute atomic E-state index is 0.0000740. The highest BCUT2D eigenvalue weighted by atomic mass is 32.2. The number of amides is 1. The van der Waals surface area contributed by atoms with E-state index in [0.29, 0.717) is 0 Å². The molecule has 0 spiro atoms. The first-order valence-corrected chi connectivity index (χ1v) is 8.29. The normalized spacial score (nSPS) is 10.6. The van der Waals surface area contributed by atoms with Gasteiger partial charge < -0.3 is 10.1 Å². The molecular weight excluding hydrogens is 393 g/mol. The number of benzene rings is 2. The van der Waals surface area contributed by atoms with Gasteiger partial charge in [0.1, 0.15) is 6.61 Å². The van der Waals surface area contributed by atoms with Gasteiger partial charge in [-0.15, -0.1) is 0 Å². The number of nitrogens with one attached hydrogen (secondary N) is 1. The zero-order valence-electron chi connectivity index (χ0n) is 13.5. The molecule has 0 aromatic heterocycles. The Hall–Kier alpha value is -2.62. The van der Waals surface area contributed by atoms with E-state index in [-0.39, 0.29) is 24.9 Å². The molecule has 0 radical (unpaired) electrons. The first kappa shape index (κ1) is 20.7. The Balaban J connectivity index is 1.82. The van der Waals surface area contributed by atoms with Crippen LogP contribution in [-0.2, 0) is 16.1 Å². The van der Waals surface area contributed by atoms with Gasteiger partial charge in [-0.25, -0.2) is 26.7 Å². The molecule has 10 heteroatoms. The number of carbonyl (C=O) groups excluding carboxylic acids is 2. The molecule has 0 atom stereocenters. The van der Waals surface area contributed by atoms with E-state index in [2.05, 4.69) is 5.32 Å². The fraction of sp³-hybridized carbons (Fsp3) is 0.176. The summed E-state index contributed by atoms with van der Waals surface area (Å²) in [5.41, 5.74) is 0.741. The summed E-state index contributed by atoms with van der Waals surface area (Å²) in [4.78, 5) is 21.9. The maximum Gasteiger partial charge on any atom is 0.407 e. The van der Waals surface area contributed by atoms with Crippen molar-refractivity contribution in [1.82, 2.24) is 5.32 Å². The Bertz CT molecular complexity index is 819. The minimum Gasteiger partial charge on any atom is -0.445 e. The minimum atomic E-state index is -2.30. The molecule has 0 aliphatic carbocycles. The number of alkyl carbamates (subject to hydrolysis) is 1. The summed E-state index contributed by atoms with van der Waals surface area (Å²) in [6.45, 7) is -0.241. The lowest BCUT2D eigenvalue weighted by Gasteiger charge is -2.08. The monoisotopic (exact) mass is 405 g/mol. The fourth-order valence-electron chi connectivity index (χ4n) is 1.88. The van der Waals surface area contributed by atoms with Crippen molar-refractivity contribution in [3.05, 3.63) is 65.0 Å². The standard InChI is InChI=1S/C17H12F5NO3S/c18-11-12(19)14(21)16(15(22)13(11)20)27-10(24)6-7-23-17(25)26-8-9-4-2-1-3-5-9/h1-5H,6-8H2,(H,23,25). The number of carbonyl (C=O) groups is 2. The third kappa shape index (κ3) is 5.43. The van der Waals surface area contributed by atoms with Crippen molar-refractivity contribution in [1.29, 1.82) is 0 Å². The van der Waals surface area contributed by atoms with Crippen molar-refractivity contribution in [3.8, 4) is 0 Å². The average Bonchev–Trinajstić information content (AvgIpc) is 2.67. The summed E-state index contributed by atoms with van der Waals surface area (Å²) < 4.78 is 71.0. The second-order valence-electron chi connectivity index (χ2n) is 5.11. The van der Waals surface area contributed by atoms with E-state index >= 15 is 0 Å². The first-order chi connectivity index (χ1) is 12.8. The zero-order valence-corrected chi connectivity index (χ0v) is 14.3. The van der Waals surface area contributed by atoms with Gasteiger partial charge in [0.2, 0.25) is 5.82 Å². The third-order valence-electron chi connectivity index (χ3n) is 3.20. The second kappa shape index (κ2) is 9.36. The Morgan fingerprint density at radius 2 is 1.44 bits per heavy atom. The van der Waals surface area contributed by atoms with Crippen LogP contribution in [0.1, 0.15) is 12.0 Å². The molecule has 0 unspecified atom stereocenters. The smallest absolute Gasteiger partial charge is 0.407 e. The van der Waals surface area contributed by atoms with Crippen LogP contribution in [0, 0.1) is 29.1 Å². The van der Waals surface area contributed by atoms with E-state index in [9.17, 15) is 31.5 Å². The number of hydrogen-bond acceptors (Lipinski definition) is 4. The lowest BCUT2D eigenvalue weighted by Crippen LogP contribution is -2.26. The lowest BCUT2D eigenvalue weighted by molar-refractivity contribution is -0.110. The molecule has 144 valence electrons. The largest absolute Gasteiger partial charge is 0.445 e. The quantitative estimate of drug-likeness (QED) is 0.337. The number of thioether (sulfide) groups is 1. The molecule has 4 nitrogen and oxygen atoms in total. The van der Waals surface area contributed by atoms with Crippen LogP contribution in [0.15, 0.2) is 35.2 Å². The molecule has 0 heterocycles. The molecule has 0 aliphatic rings. The summed E-state index contributed by atoms with van der Waals surface area (Å²) in [5.74, 6) is -10.7. The Morgan fingerprint density at radius 1 is 0.889 bits per heavy atom. The number of hydrogen-bond donors (Lipinski definition) is 1. The van der Waals surface area contributed by atoms with Crippen LogP contribution in [0.25, 0.3) is 0 Å².